The predicted molar refractivity (Wildman–Crippen MR) is 111 cm³/mol. The Morgan fingerprint density at radius 1 is 0.774 bits per heavy atom. The van der Waals surface area contributed by atoms with E-state index in [-0.39, 0.29) is 12.2 Å². The summed E-state index contributed by atoms with van der Waals surface area (Å²) in [5, 5.41) is 19.3. The van der Waals surface area contributed by atoms with Crippen molar-refractivity contribution in [2.45, 2.75) is 90.3 Å². The first kappa shape index (κ1) is 24.9. The van der Waals surface area contributed by atoms with E-state index in [1.165, 1.54) is 0 Å². The van der Waals surface area contributed by atoms with Gasteiger partial charge in [-0.2, -0.15) is 0 Å². The lowest BCUT2D eigenvalue weighted by Gasteiger charge is -2.31. The number of carboxylic acids is 2. The fourth-order valence-corrected chi connectivity index (χ4v) is 4.40. The smallest absolute Gasteiger partial charge is 0.332 e. The maximum absolute atomic E-state index is 12.6. The zero-order chi connectivity index (χ0) is 23.2. The number of hydrogen-bond donors (Lipinski definition) is 2. The van der Waals surface area contributed by atoms with Crippen LogP contribution in [0.1, 0.15) is 78.1 Å². The Hall–Kier alpha value is -2.38. The highest BCUT2D eigenvalue weighted by Gasteiger charge is 2.49. The van der Waals surface area contributed by atoms with E-state index in [2.05, 4.69) is 20.4 Å². The van der Waals surface area contributed by atoms with Crippen molar-refractivity contribution < 1.29 is 38.9 Å². The van der Waals surface area contributed by atoms with Gasteiger partial charge in [-0.25, -0.2) is 4.79 Å². The van der Waals surface area contributed by atoms with E-state index in [4.69, 9.17) is 9.47 Å². The third-order valence-electron chi connectivity index (χ3n) is 6.66. The maximum Gasteiger partial charge on any atom is 0.332 e. The first-order valence-corrected chi connectivity index (χ1v) is 11.1. The summed E-state index contributed by atoms with van der Waals surface area (Å²) in [6.45, 7) is 7.60. The summed E-state index contributed by atoms with van der Waals surface area (Å²) in [6.07, 6.45) is 4.08. The lowest BCUT2D eigenvalue weighted by Crippen LogP contribution is -2.42. The third-order valence-corrected chi connectivity index (χ3v) is 6.66. The SMILES string of the molecule is C=C(C(=O)O)C(CC(=O)OC1CCC(C)CC1)(CC(=O)OC1CCC(C)CC1)C(=O)O. The van der Waals surface area contributed by atoms with Gasteiger partial charge in [0.2, 0.25) is 0 Å². The number of esters is 2. The lowest BCUT2D eigenvalue weighted by molar-refractivity contribution is -0.167. The Bertz CT molecular complexity index is 658. The number of carbonyl (C=O) groups excluding carboxylic acids is 2. The van der Waals surface area contributed by atoms with Crippen molar-refractivity contribution >= 4 is 23.9 Å². The van der Waals surface area contributed by atoms with Gasteiger partial charge in [0.25, 0.3) is 0 Å². The third kappa shape index (κ3) is 6.80. The van der Waals surface area contributed by atoms with Crippen molar-refractivity contribution in [2.24, 2.45) is 17.3 Å². The summed E-state index contributed by atoms with van der Waals surface area (Å²) in [5.74, 6) is -3.80. The molecule has 2 saturated carbocycles. The Morgan fingerprint density at radius 2 is 1.13 bits per heavy atom. The fourth-order valence-electron chi connectivity index (χ4n) is 4.40. The van der Waals surface area contributed by atoms with Crippen molar-refractivity contribution in [3.05, 3.63) is 12.2 Å². The second-order valence-corrected chi connectivity index (χ2v) is 9.27. The summed E-state index contributed by atoms with van der Waals surface area (Å²) in [6, 6.07) is 0. The number of aliphatic carboxylic acids is 2. The second kappa shape index (κ2) is 10.8. The highest BCUT2D eigenvalue weighted by Crippen LogP contribution is 2.38. The number of carboxylic acid groups (broad SMARTS) is 2. The van der Waals surface area contributed by atoms with Gasteiger partial charge in [-0.05, 0) is 63.2 Å². The molecule has 0 unspecified atom stereocenters. The number of rotatable bonds is 9. The van der Waals surface area contributed by atoms with Crippen LogP contribution >= 0.6 is 0 Å². The van der Waals surface area contributed by atoms with Crippen LogP contribution in [0.3, 0.4) is 0 Å². The minimum Gasteiger partial charge on any atom is -0.481 e. The molecule has 8 heteroatoms. The summed E-state index contributed by atoms with van der Waals surface area (Å²) in [5.41, 5.74) is -3.05. The molecule has 0 bridgehead atoms. The van der Waals surface area contributed by atoms with Crippen molar-refractivity contribution in [3.63, 3.8) is 0 Å². The van der Waals surface area contributed by atoms with Crippen molar-refractivity contribution in [1.29, 1.82) is 0 Å². The zero-order valence-electron chi connectivity index (χ0n) is 18.4. The second-order valence-electron chi connectivity index (χ2n) is 9.27. The standard InChI is InChI=1S/C23H34O8/c1-14-4-8-17(9-5-14)30-19(24)12-23(22(28)29,16(3)21(26)27)13-20(25)31-18-10-6-15(2)7-11-18/h14-15,17-18H,3-13H2,1-2H3,(H,26,27)(H,28,29). The molecule has 0 aliphatic heterocycles. The highest BCUT2D eigenvalue weighted by molar-refractivity contribution is 6.00. The van der Waals surface area contributed by atoms with Gasteiger partial charge in [-0.3, -0.25) is 14.4 Å². The summed E-state index contributed by atoms with van der Waals surface area (Å²) >= 11 is 0. The molecule has 0 aromatic heterocycles. The van der Waals surface area contributed by atoms with E-state index >= 15 is 0 Å². The monoisotopic (exact) mass is 438 g/mol. The molecule has 0 spiro atoms. The van der Waals surface area contributed by atoms with Crippen LogP contribution in [0.4, 0.5) is 0 Å². The number of hydrogen-bond acceptors (Lipinski definition) is 6. The Labute approximate surface area is 183 Å². The van der Waals surface area contributed by atoms with Crippen LogP contribution in [-0.2, 0) is 28.7 Å². The van der Waals surface area contributed by atoms with E-state index in [1.54, 1.807) is 0 Å². The normalized spacial score (nSPS) is 28.1. The molecule has 0 heterocycles. The van der Waals surface area contributed by atoms with Crippen LogP contribution in [0.25, 0.3) is 0 Å². The molecule has 0 aromatic rings. The van der Waals surface area contributed by atoms with Crippen LogP contribution in [-0.4, -0.2) is 46.3 Å². The van der Waals surface area contributed by atoms with Crippen molar-refractivity contribution in [1.82, 2.24) is 0 Å². The Kier molecular flexibility index (Phi) is 8.65. The quantitative estimate of drug-likeness (QED) is 0.412. The van der Waals surface area contributed by atoms with Gasteiger partial charge in [0.05, 0.1) is 12.8 Å². The van der Waals surface area contributed by atoms with Crippen molar-refractivity contribution in [2.75, 3.05) is 0 Å². The maximum atomic E-state index is 12.6. The Balaban J connectivity index is 2.11. The largest absolute Gasteiger partial charge is 0.481 e. The molecule has 2 fully saturated rings. The molecule has 0 aromatic carbocycles. The molecule has 2 aliphatic carbocycles. The molecule has 0 saturated heterocycles. The number of carbonyl (C=O) groups is 4. The van der Waals surface area contributed by atoms with E-state index < -0.39 is 47.7 Å². The fraction of sp³-hybridized carbons (Fsp3) is 0.739. The van der Waals surface area contributed by atoms with Crippen LogP contribution in [0.15, 0.2) is 12.2 Å². The van der Waals surface area contributed by atoms with E-state index in [9.17, 15) is 29.4 Å². The number of ether oxygens (including phenoxy) is 2. The summed E-state index contributed by atoms with van der Waals surface area (Å²) in [7, 11) is 0. The Morgan fingerprint density at radius 3 is 1.42 bits per heavy atom. The molecule has 2 N–H and O–H groups in total. The first-order chi connectivity index (χ1) is 14.5. The van der Waals surface area contributed by atoms with Crippen LogP contribution in [0.5, 0.6) is 0 Å². The topological polar surface area (TPSA) is 127 Å². The molecule has 2 rings (SSSR count). The van der Waals surface area contributed by atoms with E-state index in [0.29, 0.717) is 37.5 Å². The molecule has 31 heavy (non-hydrogen) atoms. The van der Waals surface area contributed by atoms with Gasteiger partial charge < -0.3 is 19.7 Å². The van der Waals surface area contributed by atoms with Gasteiger partial charge in [0, 0.05) is 5.57 Å². The van der Waals surface area contributed by atoms with Crippen LogP contribution < -0.4 is 0 Å². The lowest BCUT2D eigenvalue weighted by atomic mass is 9.74. The van der Waals surface area contributed by atoms with Gasteiger partial charge in [-0.1, -0.05) is 20.4 Å². The summed E-state index contributed by atoms with van der Waals surface area (Å²) < 4.78 is 10.9. The molecular weight excluding hydrogens is 404 g/mol. The van der Waals surface area contributed by atoms with Gasteiger partial charge in [0.15, 0.2) is 0 Å². The molecular formula is C23H34O8. The van der Waals surface area contributed by atoms with E-state index in [0.717, 1.165) is 25.7 Å². The average molecular weight is 439 g/mol. The molecule has 0 radical (unpaired) electrons. The molecule has 8 nitrogen and oxygen atoms in total. The van der Waals surface area contributed by atoms with E-state index in [1.807, 2.05) is 0 Å². The van der Waals surface area contributed by atoms with Crippen molar-refractivity contribution in [3.8, 4) is 0 Å². The zero-order valence-corrected chi connectivity index (χ0v) is 18.4. The predicted octanol–water partition coefficient (Wildman–Crippen LogP) is 3.72. The van der Waals surface area contributed by atoms with Gasteiger partial charge >= 0.3 is 23.9 Å². The molecule has 174 valence electrons. The van der Waals surface area contributed by atoms with Gasteiger partial charge in [-0.15, -0.1) is 0 Å². The average Bonchev–Trinajstić information content (AvgIpc) is 2.70. The molecule has 0 amide bonds. The van der Waals surface area contributed by atoms with Crippen LogP contribution in [0.2, 0.25) is 0 Å². The molecule has 2 aliphatic rings. The highest BCUT2D eigenvalue weighted by atomic mass is 16.5. The minimum atomic E-state index is -2.32. The molecule has 0 atom stereocenters. The van der Waals surface area contributed by atoms with Gasteiger partial charge in [0.1, 0.15) is 17.6 Å². The first-order valence-electron chi connectivity index (χ1n) is 11.1. The minimum absolute atomic E-state index is 0.329. The van der Waals surface area contributed by atoms with Crippen LogP contribution in [0, 0.1) is 17.3 Å². The summed E-state index contributed by atoms with van der Waals surface area (Å²) in [4.78, 5) is 48.9.